The van der Waals surface area contributed by atoms with Gasteiger partial charge >= 0.3 is 8.25 Å². The van der Waals surface area contributed by atoms with Crippen molar-refractivity contribution >= 4 is 8.25 Å². The molecule has 0 unspecified atom stereocenters. The van der Waals surface area contributed by atoms with Gasteiger partial charge in [0.2, 0.25) is 0 Å². The average Bonchev–Trinajstić information content (AvgIpc) is 1.90. The molecule has 4 heteroatoms. The number of hydrogen-bond donors (Lipinski definition) is 2. The van der Waals surface area contributed by atoms with Gasteiger partial charge in [-0.25, -0.2) is 0 Å². The monoisotopic (exact) mass is 177 g/mol. The molecule has 0 aliphatic carbocycles. The highest BCUT2D eigenvalue weighted by molar-refractivity contribution is 7.30. The molecule has 0 rings (SSSR count). The summed E-state index contributed by atoms with van der Waals surface area (Å²) in [6.07, 6.45) is 2.19. The van der Waals surface area contributed by atoms with Gasteiger partial charge in [-0.3, -0.25) is 0 Å². The minimum atomic E-state index is -2.87. The molecule has 3 nitrogen and oxygen atoms in total. The molecule has 0 amide bonds. The molecule has 0 aromatic heterocycles. The Labute approximate surface area is 68.0 Å². The third-order valence-electron chi connectivity index (χ3n) is 1.10. The van der Waals surface area contributed by atoms with Crippen LogP contribution in [0.4, 0.5) is 0 Å². The molecule has 2 N–H and O–H groups in total. The van der Waals surface area contributed by atoms with Crippen molar-refractivity contribution in [1.82, 2.24) is 0 Å². The van der Waals surface area contributed by atoms with Crippen molar-refractivity contribution in [3.63, 3.8) is 0 Å². The Balaban J connectivity index is 0. The van der Waals surface area contributed by atoms with E-state index in [1.54, 1.807) is 0 Å². The topological polar surface area (TPSA) is 57.5 Å². The molecule has 64 valence electrons. The van der Waals surface area contributed by atoms with Crippen molar-refractivity contribution in [3.05, 3.63) is 17.9 Å². The van der Waals surface area contributed by atoms with Crippen LogP contribution < -0.4 is 0 Å². The van der Waals surface area contributed by atoms with E-state index in [-0.39, 0.29) is 0 Å². The summed E-state index contributed by atoms with van der Waals surface area (Å²) in [5, 5.41) is 0. The van der Waals surface area contributed by atoms with E-state index < -0.39 is 8.25 Å². The summed E-state index contributed by atoms with van der Waals surface area (Å²) in [7, 11) is -2.87. The molecule has 11 heavy (non-hydrogen) atoms. The average molecular weight is 177 g/mol. The fraction of sp³-hybridized carbons (Fsp3) is 0.571. The molecule has 0 atom stereocenters. The predicted molar refractivity (Wildman–Crippen MR) is 45.3 cm³/mol. The van der Waals surface area contributed by atoms with Crippen LogP contribution >= 0.6 is 8.25 Å². The molecule has 0 saturated heterocycles. The van der Waals surface area contributed by atoms with Crippen LogP contribution in [0.25, 0.3) is 0 Å². The Hall–Kier alpha value is -0.460. The zero-order valence-corrected chi connectivity index (χ0v) is 7.77. The lowest BCUT2D eigenvalue weighted by Gasteiger charge is -1.89. The standard InChI is InChI=1S/C7H12.HO3P/c1-4-7(5-2)6-3;1-4(2)3/h1,5-6H2,2-3H3;(H-,1,2,3)/p+1. The first-order chi connectivity index (χ1) is 5.08. The summed E-state index contributed by atoms with van der Waals surface area (Å²) in [6.45, 7) is 7.78. The van der Waals surface area contributed by atoms with Gasteiger partial charge in [-0.15, -0.1) is 15.5 Å². The Morgan fingerprint density at radius 2 is 1.73 bits per heavy atom. The van der Waals surface area contributed by atoms with E-state index in [1.165, 1.54) is 5.57 Å². The lowest BCUT2D eigenvalue weighted by Crippen LogP contribution is -1.70. The van der Waals surface area contributed by atoms with Crippen molar-refractivity contribution < 1.29 is 14.4 Å². The van der Waals surface area contributed by atoms with E-state index in [9.17, 15) is 0 Å². The summed E-state index contributed by atoms with van der Waals surface area (Å²) >= 11 is 0. The van der Waals surface area contributed by atoms with E-state index in [0.29, 0.717) is 0 Å². The number of allylic oxidation sites excluding steroid dienone is 1. The van der Waals surface area contributed by atoms with Crippen LogP contribution in [0.15, 0.2) is 17.9 Å². The SMILES string of the molecule is C=C=C(CC)CC.O=[P+](O)O. The Morgan fingerprint density at radius 1 is 1.45 bits per heavy atom. The molecule has 0 aromatic rings. The van der Waals surface area contributed by atoms with Crippen LogP contribution in [0.5, 0.6) is 0 Å². The van der Waals surface area contributed by atoms with E-state index >= 15 is 0 Å². The largest absolute Gasteiger partial charge is 0.692 e. The number of rotatable bonds is 2. The fourth-order valence-electron chi connectivity index (χ4n) is 0.500. The molecule has 0 bridgehead atoms. The second-order valence-electron chi connectivity index (χ2n) is 1.74. The third kappa shape index (κ3) is 17.7. The van der Waals surface area contributed by atoms with E-state index in [4.69, 9.17) is 14.4 Å². The molecule has 0 aliphatic rings. The second-order valence-corrected chi connectivity index (χ2v) is 2.25. The van der Waals surface area contributed by atoms with Gasteiger partial charge in [-0.05, 0) is 18.4 Å². The summed E-state index contributed by atoms with van der Waals surface area (Å²) in [6, 6.07) is 0. The maximum absolute atomic E-state index is 8.70. The zero-order valence-electron chi connectivity index (χ0n) is 6.87. The van der Waals surface area contributed by atoms with Gasteiger partial charge in [0.05, 0.1) is 0 Å². The maximum Gasteiger partial charge on any atom is 0.692 e. The Morgan fingerprint density at radius 3 is 1.73 bits per heavy atom. The summed E-state index contributed by atoms with van der Waals surface area (Å²) in [5.74, 6) is 0. The molecule has 0 radical (unpaired) electrons. The minimum absolute atomic E-state index is 1.10. The van der Waals surface area contributed by atoms with Crippen LogP contribution in [0.3, 0.4) is 0 Å². The molecule has 0 aliphatic heterocycles. The van der Waals surface area contributed by atoms with Gasteiger partial charge in [0.1, 0.15) is 0 Å². The van der Waals surface area contributed by atoms with Crippen molar-refractivity contribution in [2.75, 3.05) is 0 Å². The second kappa shape index (κ2) is 9.54. The molecular weight excluding hydrogens is 163 g/mol. The van der Waals surface area contributed by atoms with Gasteiger partial charge in [0.15, 0.2) is 0 Å². The molecule has 0 fully saturated rings. The first kappa shape index (κ1) is 13.2. The highest BCUT2D eigenvalue weighted by atomic mass is 31.1. The highest BCUT2D eigenvalue weighted by Crippen LogP contribution is 2.00. The van der Waals surface area contributed by atoms with Crippen LogP contribution in [-0.4, -0.2) is 9.79 Å². The molecule has 0 saturated carbocycles. The van der Waals surface area contributed by atoms with Gasteiger partial charge < -0.3 is 0 Å². The van der Waals surface area contributed by atoms with Gasteiger partial charge in [0.25, 0.3) is 0 Å². The smallest absolute Gasteiger partial charge is 0.134 e. The quantitative estimate of drug-likeness (QED) is 0.501. The maximum atomic E-state index is 8.70. The highest BCUT2D eigenvalue weighted by Gasteiger charge is 1.93. The Bertz CT molecular complexity index is 149. The predicted octanol–water partition coefficient (Wildman–Crippen LogP) is 2.15. The zero-order chi connectivity index (χ0) is 9.28. The third-order valence-corrected chi connectivity index (χ3v) is 1.10. The van der Waals surface area contributed by atoms with Crippen LogP contribution in [-0.2, 0) is 4.57 Å². The van der Waals surface area contributed by atoms with Gasteiger partial charge in [0, 0.05) is 4.57 Å². The molecular formula is C7H14O3P+. The number of hydrogen-bond acceptors (Lipinski definition) is 1. The van der Waals surface area contributed by atoms with Crippen molar-refractivity contribution in [2.24, 2.45) is 0 Å². The molecule has 0 aromatic carbocycles. The summed E-state index contributed by atoms with van der Waals surface area (Å²) in [5.41, 5.74) is 4.19. The van der Waals surface area contributed by atoms with Crippen LogP contribution in [0, 0.1) is 0 Å². The first-order valence-corrected chi connectivity index (χ1v) is 4.47. The van der Waals surface area contributed by atoms with Crippen molar-refractivity contribution in [1.29, 1.82) is 0 Å². The van der Waals surface area contributed by atoms with E-state index in [0.717, 1.165) is 12.8 Å². The van der Waals surface area contributed by atoms with E-state index in [2.05, 4.69) is 26.2 Å². The first-order valence-electron chi connectivity index (χ1n) is 3.31. The Kier molecular flexibility index (Phi) is 11.4. The fourth-order valence-corrected chi connectivity index (χ4v) is 0.500. The van der Waals surface area contributed by atoms with Crippen LogP contribution in [0.1, 0.15) is 26.7 Å². The molecule has 0 heterocycles. The van der Waals surface area contributed by atoms with Gasteiger partial charge in [-0.1, -0.05) is 20.4 Å². The lowest BCUT2D eigenvalue weighted by molar-refractivity contribution is 0.405. The van der Waals surface area contributed by atoms with Crippen LogP contribution in [0.2, 0.25) is 0 Å². The normalized spacial score (nSPS) is 7.27. The van der Waals surface area contributed by atoms with Crippen molar-refractivity contribution in [2.45, 2.75) is 26.7 Å². The molecule has 0 spiro atoms. The van der Waals surface area contributed by atoms with Gasteiger partial charge in [-0.2, -0.15) is 0 Å². The lowest BCUT2D eigenvalue weighted by atomic mass is 10.2. The minimum Gasteiger partial charge on any atom is -0.134 e. The summed E-state index contributed by atoms with van der Waals surface area (Å²) < 4.78 is 8.70. The van der Waals surface area contributed by atoms with E-state index in [1.807, 2.05) is 0 Å². The van der Waals surface area contributed by atoms with Crippen molar-refractivity contribution in [3.8, 4) is 0 Å². The summed E-state index contributed by atoms with van der Waals surface area (Å²) in [4.78, 5) is 14.2.